The molecule has 0 fully saturated rings. The lowest BCUT2D eigenvalue weighted by Gasteiger charge is -1.97. The van der Waals surface area contributed by atoms with Gasteiger partial charge >= 0.3 is 5.97 Å². The highest BCUT2D eigenvalue weighted by molar-refractivity contribution is 7.12. The van der Waals surface area contributed by atoms with Gasteiger partial charge in [0.1, 0.15) is 10.6 Å². The fraction of sp³-hybridized carbons (Fsp3) is 0.0833. The summed E-state index contributed by atoms with van der Waals surface area (Å²) in [5.41, 5.74) is 1.91. The topological polar surface area (TPSA) is 46.5 Å². The van der Waals surface area contributed by atoms with E-state index in [2.05, 4.69) is 4.74 Å². The summed E-state index contributed by atoms with van der Waals surface area (Å²) in [6.45, 7) is 0. The third kappa shape index (κ3) is 2.06. The van der Waals surface area contributed by atoms with Gasteiger partial charge in [-0.1, -0.05) is 12.1 Å². The fourth-order valence-corrected chi connectivity index (χ4v) is 2.18. The second-order valence-electron chi connectivity index (χ2n) is 3.24. The first kappa shape index (κ1) is 10.7. The molecule has 1 N–H and O–H groups in total. The van der Waals surface area contributed by atoms with E-state index in [0.717, 1.165) is 11.1 Å². The van der Waals surface area contributed by atoms with Crippen molar-refractivity contribution in [3.63, 3.8) is 0 Å². The van der Waals surface area contributed by atoms with Gasteiger partial charge in [0.15, 0.2) is 0 Å². The molecule has 16 heavy (non-hydrogen) atoms. The second-order valence-corrected chi connectivity index (χ2v) is 4.15. The molecule has 3 nitrogen and oxygen atoms in total. The zero-order valence-electron chi connectivity index (χ0n) is 8.64. The number of carbonyl (C=O) groups is 1. The predicted octanol–water partition coefficient (Wildman–Crippen LogP) is 2.91. The Morgan fingerprint density at radius 3 is 2.56 bits per heavy atom. The van der Waals surface area contributed by atoms with Gasteiger partial charge in [-0.15, -0.1) is 11.3 Å². The molecule has 0 atom stereocenters. The van der Waals surface area contributed by atoms with E-state index in [9.17, 15) is 4.79 Å². The molecule has 0 saturated heterocycles. The Morgan fingerprint density at radius 1 is 1.25 bits per heavy atom. The van der Waals surface area contributed by atoms with Crippen molar-refractivity contribution in [2.24, 2.45) is 0 Å². The quantitative estimate of drug-likeness (QED) is 0.813. The van der Waals surface area contributed by atoms with Crippen LogP contribution in [0.2, 0.25) is 0 Å². The molecular formula is C12H10O3S. The molecule has 0 aliphatic heterocycles. The minimum atomic E-state index is -0.324. The van der Waals surface area contributed by atoms with E-state index in [0.29, 0.717) is 4.88 Å². The van der Waals surface area contributed by atoms with Crippen LogP contribution >= 0.6 is 11.3 Å². The molecule has 0 aliphatic carbocycles. The van der Waals surface area contributed by atoms with Crippen molar-refractivity contribution in [1.82, 2.24) is 0 Å². The highest BCUT2D eigenvalue weighted by Gasteiger charge is 2.09. The van der Waals surface area contributed by atoms with Crippen LogP contribution in [0.3, 0.4) is 0 Å². The molecule has 82 valence electrons. The number of ether oxygens (including phenoxy) is 1. The average Bonchev–Trinajstić information content (AvgIpc) is 2.78. The van der Waals surface area contributed by atoms with Crippen LogP contribution in [0.15, 0.2) is 35.7 Å². The number of hydrogen-bond donors (Lipinski definition) is 1. The van der Waals surface area contributed by atoms with Crippen LogP contribution in [0.5, 0.6) is 5.75 Å². The Labute approximate surface area is 96.9 Å². The lowest BCUT2D eigenvalue weighted by molar-refractivity contribution is 0.0606. The molecule has 0 amide bonds. The van der Waals surface area contributed by atoms with Crippen LogP contribution in [0.25, 0.3) is 11.1 Å². The molecule has 1 aromatic carbocycles. The first-order valence-corrected chi connectivity index (χ1v) is 5.55. The van der Waals surface area contributed by atoms with Crippen LogP contribution in [0.1, 0.15) is 9.67 Å². The van der Waals surface area contributed by atoms with Gasteiger partial charge in [0.25, 0.3) is 0 Å². The lowest BCUT2D eigenvalue weighted by Crippen LogP contribution is -1.96. The Kier molecular flexibility index (Phi) is 2.92. The Morgan fingerprint density at radius 2 is 1.94 bits per heavy atom. The van der Waals surface area contributed by atoms with Crippen molar-refractivity contribution < 1.29 is 14.6 Å². The minimum Gasteiger partial charge on any atom is -0.508 e. The normalized spacial score (nSPS) is 10.1. The summed E-state index contributed by atoms with van der Waals surface area (Å²) in [4.78, 5) is 11.8. The number of thiophene rings is 1. The Bertz CT molecular complexity index is 499. The number of aromatic hydroxyl groups is 1. The molecule has 1 heterocycles. The summed E-state index contributed by atoms with van der Waals surface area (Å²) >= 11 is 1.34. The third-order valence-electron chi connectivity index (χ3n) is 2.19. The van der Waals surface area contributed by atoms with Gasteiger partial charge in [-0.3, -0.25) is 0 Å². The fourth-order valence-electron chi connectivity index (χ4n) is 1.35. The van der Waals surface area contributed by atoms with Crippen molar-refractivity contribution >= 4 is 17.3 Å². The molecule has 0 unspecified atom stereocenters. The zero-order chi connectivity index (χ0) is 11.5. The lowest BCUT2D eigenvalue weighted by atomic mass is 10.1. The smallest absolute Gasteiger partial charge is 0.348 e. The van der Waals surface area contributed by atoms with Crippen molar-refractivity contribution in [3.05, 3.63) is 40.6 Å². The number of hydrogen-bond acceptors (Lipinski definition) is 4. The van der Waals surface area contributed by atoms with Crippen molar-refractivity contribution in [2.45, 2.75) is 0 Å². The maximum absolute atomic E-state index is 11.3. The van der Waals surface area contributed by atoms with Gasteiger partial charge in [-0.25, -0.2) is 4.79 Å². The highest BCUT2D eigenvalue weighted by atomic mass is 32.1. The molecule has 0 aliphatic rings. The van der Waals surface area contributed by atoms with Gasteiger partial charge < -0.3 is 9.84 Å². The molecule has 2 rings (SSSR count). The van der Waals surface area contributed by atoms with E-state index in [1.165, 1.54) is 18.4 Å². The number of phenolic OH excluding ortho intramolecular Hbond substituents is 1. The second kappa shape index (κ2) is 4.37. The van der Waals surface area contributed by atoms with Crippen LogP contribution < -0.4 is 0 Å². The van der Waals surface area contributed by atoms with Crippen LogP contribution in [-0.4, -0.2) is 18.2 Å². The monoisotopic (exact) mass is 234 g/mol. The minimum absolute atomic E-state index is 0.229. The summed E-state index contributed by atoms with van der Waals surface area (Å²) < 4.78 is 4.64. The van der Waals surface area contributed by atoms with E-state index >= 15 is 0 Å². The van der Waals surface area contributed by atoms with E-state index in [1.807, 2.05) is 5.38 Å². The van der Waals surface area contributed by atoms with Crippen LogP contribution in [0.4, 0.5) is 0 Å². The van der Waals surface area contributed by atoms with Gasteiger partial charge in [-0.05, 0) is 34.7 Å². The SMILES string of the molecule is COC(=O)c1cc(-c2ccc(O)cc2)cs1. The molecule has 0 spiro atoms. The first-order valence-electron chi connectivity index (χ1n) is 4.67. The Hall–Kier alpha value is -1.81. The maximum Gasteiger partial charge on any atom is 0.348 e. The van der Waals surface area contributed by atoms with E-state index < -0.39 is 0 Å². The van der Waals surface area contributed by atoms with E-state index in [-0.39, 0.29) is 11.7 Å². The summed E-state index contributed by atoms with van der Waals surface area (Å²) in [7, 11) is 1.36. The summed E-state index contributed by atoms with van der Waals surface area (Å²) in [6, 6.07) is 8.62. The molecule has 4 heteroatoms. The molecular weight excluding hydrogens is 224 g/mol. The number of methoxy groups -OCH3 is 1. The van der Waals surface area contributed by atoms with Gasteiger partial charge in [0.2, 0.25) is 0 Å². The van der Waals surface area contributed by atoms with Gasteiger partial charge in [0.05, 0.1) is 7.11 Å². The number of esters is 1. The zero-order valence-corrected chi connectivity index (χ0v) is 9.45. The van der Waals surface area contributed by atoms with Gasteiger partial charge in [-0.2, -0.15) is 0 Å². The predicted molar refractivity (Wildman–Crippen MR) is 62.8 cm³/mol. The van der Waals surface area contributed by atoms with Crippen molar-refractivity contribution in [1.29, 1.82) is 0 Å². The number of carbonyl (C=O) groups excluding carboxylic acids is 1. The van der Waals surface area contributed by atoms with Crippen LogP contribution in [-0.2, 0) is 4.74 Å². The molecule has 2 aromatic rings. The first-order chi connectivity index (χ1) is 7.70. The standard InChI is InChI=1S/C12H10O3S/c1-15-12(14)11-6-9(7-16-11)8-2-4-10(13)5-3-8/h2-7,13H,1H3. The number of benzene rings is 1. The molecule has 0 radical (unpaired) electrons. The maximum atomic E-state index is 11.3. The summed E-state index contributed by atoms with van der Waals surface area (Å²) in [5, 5.41) is 11.1. The molecule has 0 bridgehead atoms. The van der Waals surface area contributed by atoms with Crippen molar-refractivity contribution in [2.75, 3.05) is 7.11 Å². The molecule has 1 aromatic heterocycles. The van der Waals surface area contributed by atoms with Crippen molar-refractivity contribution in [3.8, 4) is 16.9 Å². The molecule has 0 saturated carbocycles. The third-order valence-corrected chi connectivity index (χ3v) is 3.10. The summed E-state index contributed by atoms with van der Waals surface area (Å²) in [5.74, 6) is -0.0952. The average molecular weight is 234 g/mol. The van der Waals surface area contributed by atoms with Crippen LogP contribution in [0, 0.1) is 0 Å². The summed E-state index contributed by atoms with van der Waals surface area (Å²) in [6.07, 6.45) is 0. The highest BCUT2D eigenvalue weighted by Crippen LogP contribution is 2.27. The number of phenols is 1. The van der Waals surface area contributed by atoms with E-state index in [1.54, 1.807) is 30.3 Å². The van der Waals surface area contributed by atoms with E-state index in [4.69, 9.17) is 5.11 Å². The van der Waals surface area contributed by atoms with Gasteiger partial charge in [0, 0.05) is 0 Å². The Balaban J connectivity index is 2.31. The number of rotatable bonds is 2. The largest absolute Gasteiger partial charge is 0.508 e.